The van der Waals surface area contributed by atoms with Gasteiger partial charge in [-0.15, -0.1) is 6.42 Å². The van der Waals surface area contributed by atoms with Gasteiger partial charge in [-0.05, 0) is 59.6 Å². The molecule has 0 spiro atoms. The summed E-state index contributed by atoms with van der Waals surface area (Å²) in [5.74, 6) is 2.76. The Bertz CT molecular complexity index is 1420. The number of carbonyl (C=O) groups is 3. The molecular weight excluding hydrogens is 600 g/mol. The van der Waals surface area contributed by atoms with Crippen LogP contribution in [0.5, 0.6) is 23.0 Å². The Labute approximate surface area is 245 Å². The maximum atomic E-state index is 12.6. The van der Waals surface area contributed by atoms with Gasteiger partial charge in [-0.1, -0.05) is 12.0 Å². The van der Waals surface area contributed by atoms with Gasteiger partial charge in [0.2, 0.25) is 0 Å². The number of rotatable bonds is 12. The van der Waals surface area contributed by atoms with Gasteiger partial charge >= 0.3 is 12.0 Å². The maximum Gasteiger partial charge on any atom is 0.338 e. The molecule has 0 saturated heterocycles. The van der Waals surface area contributed by atoms with Gasteiger partial charge in [-0.2, -0.15) is 5.10 Å². The van der Waals surface area contributed by atoms with Crippen LogP contribution >= 0.6 is 15.9 Å². The van der Waals surface area contributed by atoms with Gasteiger partial charge in [0.05, 0.1) is 38.7 Å². The molecule has 2 aromatic carbocycles. The summed E-state index contributed by atoms with van der Waals surface area (Å²) in [5.41, 5.74) is 4.20. The fraction of sp³-hybridized carbons (Fsp3) is 0.286. The van der Waals surface area contributed by atoms with Crippen LogP contribution in [0, 0.1) is 12.3 Å². The molecule has 0 unspecified atom stereocenters. The summed E-state index contributed by atoms with van der Waals surface area (Å²) in [7, 11) is 2.92. The maximum absolute atomic E-state index is 12.6. The normalized spacial score (nSPS) is 14.4. The van der Waals surface area contributed by atoms with Crippen LogP contribution in [0.2, 0.25) is 0 Å². The number of urea groups is 1. The van der Waals surface area contributed by atoms with Crippen molar-refractivity contribution in [1.82, 2.24) is 16.1 Å². The number of hydrogen-bond donors (Lipinski definition) is 3. The van der Waals surface area contributed by atoms with Crippen molar-refractivity contribution in [2.75, 3.05) is 34.0 Å². The number of hydrazone groups is 1. The smallest absolute Gasteiger partial charge is 0.338 e. The number of amides is 3. The molecule has 41 heavy (non-hydrogen) atoms. The minimum Gasteiger partial charge on any atom is -0.493 e. The number of benzene rings is 2. The van der Waals surface area contributed by atoms with E-state index in [1.165, 1.54) is 20.4 Å². The first-order chi connectivity index (χ1) is 19.7. The van der Waals surface area contributed by atoms with Gasteiger partial charge < -0.3 is 34.3 Å². The molecule has 3 rings (SSSR count). The molecule has 1 aliphatic heterocycles. The first kappa shape index (κ1) is 30.8. The van der Waals surface area contributed by atoms with Gasteiger partial charge in [-0.3, -0.25) is 4.79 Å². The van der Waals surface area contributed by atoms with Crippen molar-refractivity contribution in [2.24, 2.45) is 5.10 Å². The minimum atomic E-state index is -0.778. The van der Waals surface area contributed by atoms with E-state index in [-0.39, 0.29) is 36.9 Å². The Balaban J connectivity index is 1.67. The second kappa shape index (κ2) is 14.6. The Morgan fingerprint density at radius 1 is 1.12 bits per heavy atom. The zero-order chi connectivity index (χ0) is 29.9. The van der Waals surface area contributed by atoms with Crippen LogP contribution in [0.1, 0.15) is 31.0 Å². The molecule has 13 heteroatoms. The highest BCUT2D eigenvalue weighted by Crippen LogP contribution is 2.35. The first-order valence-electron chi connectivity index (χ1n) is 12.2. The van der Waals surface area contributed by atoms with Crippen molar-refractivity contribution in [2.45, 2.75) is 19.9 Å². The van der Waals surface area contributed by atoms with E-state index < -0.39 is 23.9 Å². The molecule has 0 aliphatic carbocycles. The lowest BCUT2D eigenvalue weighted by Crippen LogP contribution is -2.45. The molecule has 0 fully saturated rings. The van der Waals surface area contributed by atoms with Crippen molar-refractivity contribution in [1.29, 1.82) is 0 Å². The molecule has 216 valence electrons. The summed E-state index contributed by atoms with van der Waals surface area (Å²) in [6.07, 6.45) is 6.67. The number of nitrogens with one attached hydrogen (secondary N) is 3. The van der Waals surface area contributed by atoms with E-state index in [2.05, 4.69) is 43.0 Å². The second-order valence-electron chi connectivity index (χ2n) is 8.30. The van der Waals surface area contributed by atoms with Gasteiger partial charge in [0.25, 0.3) is 5.91 Å². The van der Waals surface area contributed by atoms with Gasteiger partial charge in [0.15, 0.2) is 29.6 Å². The number of hydrogen-bond acceptors (Lipinski definition) is 9. The second-order valence-corrected chi connectivity index (χ2v) is 9.15. The van der Waals surface area contributed by atoms with Crippen molar-refractivity contribution in [3.05, 3.63) is 57.2 Å². The molecule has 1 atom stereocenters. The third-order valence-electron chi connectivity index (χ3n) is 5.63. The van der Waals surface area contributed by atoms with Crippen molar-refractivity contribution in [3.8, 4) is 35.3 Å². The van der Waals surface area contributed by atoms with E-state index in [4.69, 9.17) is 30.1 Å². The Morgan fingerprint density at radius 3 is 2.54 bits per heavy atom. The standard InChI is InChI=1S/C28H29BrN4O8/c1-6-10-40-23-13-19(29)18(12-22(23)38-5)14-30-33-24(34)15-41-20-9-8-17(11-21(20)37-4)26-25(27(35)39-7-2)16(3)31-28(36)32-26/h1,8-9,11-14,26H,7,10,15H2,2-5H3,(H,33,34)(H2,31,32,36)/b30-14-/t26-/m1/s1. The first-order valence-corrected chi connectivity index (χ1v) is 13.0. The lowest BCUT2D eigenvalue weighted by atomic mass is 9.95. The summed E-state index contributed by atoms with van der Waals surface area (Å²) in [5, 5.41) is 9.27. The Morgan fingerprint density at radius 2 is 1.85 bits per heavy atom. The van der Waals surface area contributed by atoms with E-state index in [9.17, 15) is 14.4 Å². The molecule has 3 N–H and O–H groups in total. The number of nitrogens with zero attached hydrogens (tertiary/aromatic N) is 1. The van der Waals surface area contributed by atoms with Crippen molar-refractivity contribution in [3.63, 3.8) is 0 Å². The molecule has 0 aromatic heterocycles. The number of halogens is 1. The van der Waals surface area contributed by atoms with E-state index in [1.807, 2.05) is 0 Å². The molecule has 2 aromatic rings. The van der Waals surface area contributed by atoms with Crippen LogP contribution in [-0.2, 0) is 14.3 Å². The molecule has 1 aliphatic rings. The Hall–Kier alpha value is -4.70. The molecule has 0 saturated carbocycles. The summed E-state index contributed by atoms with van der Waals surface area (Å²) >= 11 is 3.42. The third kappa shape index (κ3) is 7.92. The summed E-state index contributed by atoms with van der Waals surface area (Å²) in [4.78, 5) is 37.1. The fourth-order valence-electron chi connectivity index (χ4n) is 3.80. The molecular formula is C28H29BrN4O8. The SMILES string of the molecule is C#CCOc1cc(Br)c(/C=N\NC(=O)COc2ccc([C@H]3NC(=O)NC(C)=C3C(=O)OCC)cc2OC)cc1OC. The Kier molecular flexibility index (Phi) is 11.0. The number of carbonyl (C=O) groups excluding carboxylic acids is 3. The lowest BCUT2D eigenvalue weighted by molar-refractivity contribution is -0.139. The van der Waals surface area contributed by atoms with Crippen LogP contribution in [0.4, 0.5) is 4.79 Å². The lowest BCUT2D eigenvalue weighted by Gasteiger charge is -2.28. The highest BCUT2D eigenvalue weighted by molar-refractivity contribution is 9.10. The van der Waals surface area contributed by atoms with Crippen molar-refractivity contribution < 1.29 is 38.1 Å². The van der Waals surface area contributed by atoms with Crippen molar-refractivity contribution >= 4 is 40.1 Å². The van der Waals surface area contributed by atoms with Gasteiger partial charge in [-0.25, -0.2) is 15.0 Å². The highest BCUT2D eigenvalue weighted by Gasteiger charge is 2.32. The molecule has 3 amide bonds. The number of allylic oxidation sites excluding steroid dienone is 1. The predicted octanol–water partition coefficient (Wildman–Crippen LogP) is 3.20. The monoisotopic (exact) mass is 628 g/mol. The topological polar surface area (TPSA) is 146 Å². The average Bonchev–Trinajstić information content (AvgIpc) is 2.95. The van der Waals surface area contributed by atoms with Gasteiger partial charge in [0, 0.05) is 15.7 Å². The van der Waals surface area contributed by atoms with E-state index in [0.717, 1.165) is 0 Å². The number of ether oxygens (including phenoxy) is 5. The van der Waals surface area contributed by atoms with Crippen LogP contribution in [0.15, 0.2) is 51.2 Å². The molecule has 0 bridgehead atoms. The fourth-order valence-corrected chi connectivity index (χ4v) is 4.22. The number of terminal acetylenes is 1. The quantitative estimate of drug-likeness (QED) is 0.141. The zero-order valence-corrected chi connectivity index (χ0v) is 24.4. The van der Waals surface area contributed by atoms with E-state index >= 15 is 0 Å². The zero-order valence-electron chi connectivity index (χ0n) is 22.8. The summed E-state index contributed by atoms with van der Waals surface area (Å²) < 4.78 is 27.6. The van der Waals surface area contributed by atoms with Crippen LogP contribution in [0.25, 0.3) is 0 Å². The van der Waals surface area contributed by atoms with E-state index in [1.54, 1.807) is 44.2 Å². The summed E-state index contributed by atoms with van der Waals surface area (Å²) in [6, 6.07) is 6.94. The average molecular weight is 629 g/mol. The van der Waals surface area contributed by atoms with E-state index in [0.29, 0.717) is 32.8 Å². The number of esters is 1. The largest absolute Gasteiger partial charge is 0.493 e. The summed E-state index contributed by atoms with van der Waals surface area (Å²) in [6.45, 7) is 3.21. The van der Waals surface area contributed by atoms with Crippen LogP contribution < -0.4 is 35.0 Å². The van der Waals surface area contributed by atoms with Crippen LogP contribution in [0.3, 0.4) is 0 Å². The third-order valence-corrected chi connectivity index (χ3v) is 6.32. The highest BCUT2D eigenvalue weighted by atomic mass is 79.9. The molecule has 1 heterocycles. The molecule has 0 radical (unpaired) electrons. The number of methoxy groups -OCH3 is 2. The predicted molar refractivity (Wildman–Crippen MR) is 153 cm³/mol. The minimum absolute atomic E-state index is 0.0831. The molecule has 12 nitrogen and oxygen atoms in total. The van der Waals surface area contributed by atoms with Crippen LogP contribution in [-0.4, -0.2) is 58.2 Å². The van der Waals surface area contributed by atoms with Gasteiger partial charge in [0.1, 0.15) is 6.61 Å².